The molecule has 17 heavy (non-hydrogen) atoms. The summed E-state index contributed by atoms with van der Waals surface area (Å²) in [5, 5.41) is 1.08. The van der Waals surface area contributed by atoms with Crippen LogP contribution in [-0.4, -0.2) is 25.3 Å². The molecule has 1 unspecified atom stereocenters. The molecule has 1 heterocycles. The molecule has 0 aliphatic heterocycles. The quantitative estimate of drug-likeness (QED) is 0.786. The highest BCUT2D eigenvalue weighted by Crippen LogP contribution is 2.27. The van der Waals surface area contributed by atoms with E-state index < -0.39 is 0 Å². The van der Waals surface area contributed by atoms with Gasteiger partial charge in [-0.05, 0) is 26.2 Å². The van der Waals surface area contributed by atoms with Crippen molar-refractivity contribution in [1.82, 2.24) is 4.90 Å². The van der Waals surface area contributed by atoms with Crippen molar-refractivity contribution in [1.29, 1.82) is 0 Å². The molecule has 2 aromatic rings. The summed E-state index contributed by atoms with van der Waals surface area (Å²) in [5.41, 5.74) is 0.871. The number of furan rings is 1. The molecular formula is C13H16ClNO2. The molecule has 92 valence electrons. The van der Waals surface area contributed by atoms with E-state index in [-0.39, 0.29) is 18.4 Å². The Bertz CT molecular complexity index is 460. The van der Waals surface area contributed by atoms with Gasteiger partial charge in [0.25, 0.3) is 0 Å². The minimum Gasteiger partial charge on any atom is -0.459 e. The van der Waals surface area contributed by atoms with E-state index in [1.165, 1.54) is 0 Å². The number of nitrogens with zero attached hydrogens (tertiary/aromatic N) is 1. The van der Waals surface area contributed by atoms with Crippen LogP contribution in [0.15, 0.2) is 34.7 Å². The highest BCUT2D eigenvalue weighted by Gasteiger charge is 2.17. The van der Waals surface area contributed by atoms with Gasteiger partial charge in [-0.1, -0.05) is 18.2 Å². The molecule has 0 saturated heterocycles. The van der Waals surface area contributed by atoms with Crippen molar-refractivity contribution in [3.05, 3.63) is 36.1 Å². The lowest BCUT2D eigenvalue weighted by atomic mass is 10.1. The number of hydrogen-bond donors (Lipinski definition) is 0. The van der Waals surface area contributed by atoms with Crippen LogP contribution in [0, 0.1) is 0 Å². The Balaban J connectivity index is 0.00000144. The van der Waals surface area contributed by atoms with E-state index in [9.17, 15) is 4.79 Å². The lowest BCUT2D eigenvalue weighted by Crippen LogP contribution is -2.19. The highest BCUT2D eigenvalue weighted by molar-refractivity contribution is 5.85. The van der Waals surface area contributed by atoms with Crippen molar-refractivity contribution >= 4 is 29.7 Å². The molecule has 0 fully saturated rings. The van der Waals surface area contributed by atoms with E-state index in [0.29, 0.717) is 6.42 Å². The topological polar surface area (TPSA) is 33.5 Å². The molecule has 3 nitrogen and oxygen atoms in total. The predicted molar refractivity (Wildman–Crippen MR) is 70.6 cm³/mol. The van der Waals surface area contributed by atoms with Gasteiger partial charge in [-0.3, -0.25) is 4.90 Å². The largest absolute Gasteiger partial charge is 0.459 e. The second kappa shape index (κ2) is 5.84. The third-order valence-corrected chi connectivity index (χ3v) is 2.72. The zero-order valence-corrected chi connectivity index (χ0v) is 10.7. The molecule has 0 saturated carbocycles. The standard InChI is InChI=1S/C13H15NO2.ClH/c1-14(2)11(7-8-15)13-9-10-5-3-4-6-12(10)16-13;/h3-6,8-9,11H,7H2,1-2H3;1H. The third-order valence-electron chi connectivity index (χ3n) is 2.72. The summed E-state index contributed by atoms with van der Waals surface area (Å²) in [6, 6.07) is 9.89. The van der Waals surface area contributed by atoms with Gasteiger partial charge in [-0.25, -0.2) is 0 Å². The first-order valence-corrected chi connectivity index (χ1v) is 5.31. The summed E-state index contributed by atoms with van der Waals surface area (Å²) in [5.74, 6) is 0.846. The van der Waals surface area contributed by atoms with Gasteiger partial charge in [0.05, 0.1) is 6.04 Å². The van der Waals surface area contributed by atoms with Gasteiger partial charge in [0, 0.05) is 11.8 Å². The Morgan fingerprint density at radius 3 is 2.65 bits per heavy atom. The van der Waals surface area contributed by atoms with Crippen LogP contribution < -0.4 is 0 Å². The fraction of sp³-hybridized carbons (Fsp3) is 0.308. The summed E-state index contributed by atoms with van der Waals surface area (Å²) < 4.78 is 5.74. The van der Waals surface area contributed by atoms with Crippen LogP contribution >= 0.6 is 12.4 Å². The molecule has 4 heteroatoms. The molecule has 0 N–H and O–H groups in total. The lowest BCUT2D eigenvalue weighted by molar-refractivity contribution is -0.108. The number of para-hydroxylation sites is 1. The number of carbonyl (C=O) groups is 1. The number of fused-ring (bicyclic) bond motifs is 1. The molecule has 0 bridgehead atoms. The molecule has 0 spiro atoms. The van der Waals surface area contributed by atoms with E-state index >= 15 is 0 Å². The number of hydrogen-bond acceptors (Lipinski definition) is 3. The van der Waals surface area contributed by atoms with Crippen LogP contribution in [0.1, 0.15) is 18.2 Å². The van der Waals surface area contributed by atoms with Gasteiger partial charge in [0.1, 0.15) is 17.6 Å². The highest BCUT2D eigenvalue weighted by atomic mass is 35.5. The average Bonchev–Trinajstić information content (AvgIpc) is 2.68. The van der Waals surface area contributed by atoms with Crippen molar-refractivity contribution in [3.8, 4) is 0 Å². The molecule has 2 rings (SSSR count). The van der Waals surface area contributed by atoms with Crippen molar-refractivity contribution in [3.63, 3.8) is 0 Å². The number of carbonyl (C=O) groups excluding carboxylic acids is 1. The second-order valence-electron chi connectivity index (χ2n) is 4.07. The number of halogens is 1. The van der Waals surface area contributed by atoms with Gasteiger partial charge >= 0.3 is 0 Å². The Labute approximate surface area is 107 Å². The first-order chi connectivity index (χ1) is 7.72. The number of benzene rings is 1. The maximum atomic E-state index is 10.6. The first-order valence-electron chi connectivity index (χ1n) is 5.31. The Kier molecular flexibility index (Phi) is 4.73. The van der Waals surface area contributed by atoms with Crippen molar-refractivity contribution in [2.75, 3.05) is 14.1 Å². The van der Waals surface area contributed by atoms with Crippen LogP contribution in [0.2, 0.25) is 0 Å². The third kappa shape index (κ3) is 2.87. The van der Waals surface area contributed by atoms with Gasteiger partial charge < -0.3 is 9.21 Å². The van der Waals surface area contributed by atoms with Gasteiger partial charge in [0.2, 0.25) is 0 Å². The molecular weight excluding hydrogens is 238 g/mol. The summed E-state index contributed by atoms with van der Waals surface area (Å²) in [6.45, 7) is 0. The average molecular weight is 254 g/mol. The van der Waals surface area contributed by atoms with Crippen molar-refractivity contribution < 1.29 is 9.21 Å². The molecule has 0 aliphatic rings. The van der Waals surface area contributed by atoms with Crippen LogP contribution in [0.25, 0.3) is 11.0 Å². The maximum Gasteiger partial charge on any atom is 0.134 e. The van der Waals surface area contributed by atoms with Crippen molar-refractivity contribution in [2.45, 2.75) is 12.5 Å². The fourth-order valence-electron chi connectivity index (χ4n) is 1.84. The minimum absolute atomic E-state index is 0. The van der Waals surface area contributed by atoms with E-state index in [0.717, 1.165) is 23.0 Å². The maximum absolute atomic E-state index is 10.6. The monoisotopic (exact) mass is 253 g/mol. The van der Waals surface area contributed by atoms with Crippen LogP contribution in [0.4, 0.5) is 0 Å². The zero-order valence-electron chi connectivity index (χ0n) is 9.92. The van der Waals surface area contributed by atoms with Crippen LogP contribution in [0.3, 0.4) is 0 Å². The summed E-state index contributed by atoms with van der Waals surface area (Å²) in [6.07, 6.45) is 1.38. The van der Waals surface area contributed by atoms with Gasteiger partial charge in [-0.2, -0.15) is 0 Å². The minimum atomic E-state index is 0. The summed E-state index contributed by atoms with van der Waals surface area (Å²) in [7, 11) is 3.89. The molecule has 1 atom stereocenters. The van der Waals surface area contributed by atoms with Crippen LogP contribution in [-0.2, 0) is 4.79 Å². The van der Waals surface area contributed by atoms with Crippen LogP contribution in [0.5, 0.6) is 0 Å². The Morgan fingerprint density at radius 1 is 1.35 bits per heavy atom. The van der Waals surface area contributed by atoms with Gasteiger partial charge in [-0.15, -0.1) is 12.4 Å². The molecule has 0 radical (unpaired) electrons. The Morgan fingerprint density at radius 2 is 2.06 bits per heavy atom. The first kappa shape index (κ1) is 13.7. The van der Waals surface area contributed by atoms with E-state index in [1.807, 2.05) is 49.3 Å². The fourth-order valence-corrected chi connectivity index (χ4v) is 1.84. The normalized spacial score (nSPS) is 12.4. The van der Waals surface area contributed by atoms with E-state index in [1.54, 1.807) is 0 Å². The Hall–Kier alpha value is -1.32. The molecule has 0 amide bonds. The molecule has 1 aromatic heterocycles. The molecule has 1 aromatic carbocycles. The van der Waals surface area contributed by atoms with E-state index in [2.05, 4.69) is 0 Å². The number of rotatable bonds is 4. The van der Waals surface area contributed by atoms with Gasteiger partial charge in [0.15, 0.2) is 0 Å². The second-order valence-corrected chi connectivity index (χ2v) is 4.07. The number of aldehydes is 1. The van der Waals surface area contributed by atoms with E-state index in [4.69, 9.17) is 4.42 Å². The summed E-state index contributed by atoms with van der Waals surface area (Å²) >= 11 is 0. The lowest BCUT2D eigenvalue weighted by Gasteiger charge is -2.19. The smallest absolute Gasteiger partial charge is 0.134 e. The summed E-state index contributed by atoms with van der Waals surface area (Å²) in [4.78, 5) is 12.6. The molecule has 0 aliphatic carbocycles. The zero-order chi connectivity index (χ0) is 11.5. The SMILES string of the molecule is CN(C)C(CC=O)c1cc2ccccc2o1.Cl. The predicted octanol–water partition coefficient (Wildman–Crippen LogP) is 3.05. The van der Waals surface area contributed by atoms with Crippen molar-refractivity contribution in [2.24, 2.45) is 0 Å².